The maximum Gasteiger partial charge on any atom is 0.227 e. The van der Waals surface area contributed by atoms with E-state index in [-0.39, 0.29) is 0 Å². The molecule has 0 saturated heterocycles. The molecule has 21 heavy (non-hydrogen) atoms. The molecule has 3 aromatic rings. The number of rotatable bonds is 3. The first-order chi connectivity index (χ1) is 10.1. The summed E-state index contributed by atoms with van der Waals surface area (Å²) < 4.78 is 10.9. The van der Waals surface area contributed by atoms with Gasteiger partial charge in [0.25, 0.3) is 0 Å². The maximum absolute atomic E-state index is 5.85. The van der Waals surface area contributed by atoms with E-state index < -0.39 is 0 Å². The summed E-state index contributed by atoms with van der Waals surface area (Å²) in [5, 5.41) is 3.76. The molecule has 0 bridgehead atoms. The number of anilines is 2. The molecule has 0 radical (unpaired) electrons. The monoisotopic (exact) mass is 282 g/mol. The van der Waals surface area contributed by atoms with Crippen LogP contribution in [0, 0.1) is 6.92 Å². The molecule has 0 aliphatic heterocycles. The molecule has 1 aromatic carbocycles. The molecular formula is C15H14N4O2. The Kier molecular flexibility index (Phi) is 3.19. The van der Waals surface area contributed by atoms with Crippen LogP contribution in [0.15, 0.2) is 47.1 Å². The van der Waals surface area contributed by atoms with Crippen LogP contribution in [0.25, 0.3) is 11.1 Å². The molecule has 4 N–H and O–H groups in total. The molecule has 0 unspecified atom stereocenters. The van der Waals surface area contributed by atoms with Gasteiger partial charge in [0.05, 0.1) is 11.1 Å². The number of nitrogens with two attached hydrogens (primary N) is 2. The smallest absolute Gasteiger partial charge is 0.227 e. The zero-order valence-corrected chi connectivity index (χ0v) is 11.4. The third-order valence-corrected chi connectivity index (χ3v) is 3.02. The van der Waals surface area contributed by atoms with Crippen LogP contribution in [0.3, 0.4) is 0 Å². The fourth-order valence-corrected chi connectivity index (χ4v) is 2.03. The zero-order chi connectivity index (χ0) is 14.8. The van der Waals surface area contributed by atoms with Crippen LogP contribution < -0.4 is 16.2 Å². The van der Waals surface area contributed by atoms with E-state index in [9.17, 15) is 0 Å². The molecular weight excluding hydrogens is 268 g/mol. The summed E-state index contributed by atoms with van der Waals surface area (Å²) in [6.07, 6.45) is 1.65. The molecule has 106 valence electrons. The van der Waals surface area contributed by atoms with Crippen molar-refractivity contribution in [3.63, 3.8) is 0 Å². The number of nitrogens with zero attached hydrogens (tertiary/aromatic N) is 2. The van der Waals surface area contributed by atoms with Crippen LogP contribution in [-0.4, -0.2) is 10.1 Å². The van der Waals surface area contributed by atoms with Gasteiger partial charge in [0.15, 0.2) is 5.82 Å². The number of benzene rings is 1. The van der Waals surface area contributed by atoms with Crippen molar-refractivity contribution >= 4 is 11.5 Å². The number of pyridine rings is 1. The normalized spacial score (nSPS) is 10.5. The van der Waals surface area contributed by atoms with E-state index in [0.29, 0.717) is 34.5 Å². The SMILES string of the molecule is Cc1onc(N)c1-c1cccnc1Oc1ccc(N)cc1. The van der Waals surface area contributed by atoms with Crippen molar-refractivity contribution in [3.8, 4) is 22.8 Å². The Morgan fingerprint density at radius 2 is 1.86 bits per heavy atom. The fourth-order valence-electron chi connectivity index (χ4n) is 2.03. The molecule has 6 heteroatoms. The third kappa shape index (κ3) is 2.51. The molecule has 0 atom stereocenters. The van der Waals surface area contributed by atoms with E-state index in [1.165, 1.54) is 0 Å². The highest BCUT2D eigenvalue weighted by Gasteiger charge is 2.17. The van der Waals surface area contributed by atoms with Crippen LogP contribution in [0.2, 0.25) is 0 Å². The van der Waals surface area contributed by atoms with Crippen molar-refractivity contribution in [2.45, 2.75) is 6.92 Å². The highest BCUT2D eigenvalue weighted by Crippen LogP contribution is 2.36. The van der Waals surface area contributed by atoms with Gasteiger partial charge < -0.3 is 20.7 Å². The minimum atomic E-state index is 0.308. The van der Waals surface area contributed by atoms with Gasteiger partial charge in [-0.25, -0.2) is 4.98 Å². The van der Waals surface area contributed by atoms with Crippen molar-refractivity contribution in [1.82, 2.24) is 10.1 Å². The maximum atomic E-state index is 5.85. The Morgan fingerprint density at radius 1 is 1.10 bits per heavy atom. The standard InChI is InChI=1S/C15H14N4O2/c1-9-13(14(17)19-21-9)12-3-2-8-18-15(12)20-11-6-4-10(16)5-7-11/h2-8H,16H2,1H3,(H2,17,19). The number of nitrogen functional groups attached to an aromatic ring is 2. The minimum Gasteiger partial charge on any atom is -0.438 e. The van der Waals surface area contributed by atoms with E-state index in [1.54, 1.807) is 43.5 Å². The lowest BCUT2D eigenvalue weighted by Crippen LogP contribution is -1.94. The summed E-state index contributed by atoms with van der Waals surface area (Å²) in [6, 6.07) is 10.7. The molecule has 0 aliphatic carbocycles. The molecule has 0 saturated carbocycles. The highest BCUT2D eigenvalue weighted by atomic mass is 16.5. The van der Waals surface area contributed by atoms with Crippen LogP contribution >= 0.6 is 0 Å². The quantitative estimate of drug-likeness (QED) is 0.716. The Morgan fingerprint density at radius 3 is 2.52 bits per heavy atom. The molecule has 0 amide bonds. The van der Waals surface area contributed by atoms with Gasteiger partial charge in [0.1, 0.15) is 11.5 Å². The predicted molar refractivity (Wildman–Crippen MR) is 79.8 cm³/mol. The second-order valence-electron chi connectivity index (χ2n) is 4.53. The lowest BCUT2D eigenvalue weighted by atomic mass is 10.1. The van der Waals surface area contributed by atoms with Crippen LogP contribution in [0.1, 0.15) is 5.76 Å². The number of hydrogen-bond acceptors (Lipinski definition) is 6. The molecule has 2 aromatic heterocycles. The van der Waals surface area contributed by atoms with Gasteiger partial charge >= 0.3 is 0 Å². The van der Waals surface area contributed by atoms with Gasteiger partial charge in [-0.15, -0.1) is 0 Å². The van der Waals surface area contributed by atoms with E-state index in [0.717, 1.165) is 5.56 Å². The topological polar surface area (TPSA) is 100 Å². The van der Waals surface area contributed by atoms with Gasteiger partial charge in [-0.2, -0.15) is 0 Å². The summed E-state index contributed by atoms with van der Waals surface area (Å²) in [5.74, 6) is 1.99. The Bertz CT molecular complexity index is 746. The molecule has 0 spiro atoms. The van der Waals surface area contributed by atoms with Gasteiger partial charge in [-0.05, 0) is 43.3 Å². The molecule has 0 aliphatic rings. The van der Waals surface area contributed by atoms with Crippen LogP contribution in [0.5, 0.6) is 11.6 Å². The van der Waals surface area contributed by atoms with Gasteiger partial charge in [-0.3, -0.25) is 0 Å². The molecule has 6 nitrogen and oxygen atoms in total. The molecule has 2 heterocycles. The predicted octanol–water partition coefficient (Wildman–Crippen LogP) is 3.00. The van der Waals surface area contributed by atoms with E-state index in [1.807, 2.05) is 6.07 Å². The summed E-state index contributed by atoms with van der Waals surface area (Å²) in [6.45, 7) is 1.79. The van der Waals surface area contributed by atoms with Crippen molar-refractivity contribution in [1.29, 1.82) is 0 Å². The van der Waals surface area contributed by atoms with Crippen molar-refractivity contribution < 1.29 is 9.26 Å². The van der Waals surface area contributed by atoms with Crippen molar-refractivity contribution in [2.24, 2.45) is 0 Å². The van der Waals surface area contributed by atoms with Gasteiger partial charge in [-0.1, -0.05) is 5.16 Å². The lowest BCUT2D eigenvalue weighted by molar-refractivity contribution is 0.400. The van der Waals surface area contributed by atoms with Gasteiger partial charge in [0.2, 0.25) is 5.88 Å². The van der Waals surface area contributed by atoms with E-state index in [2.05, 4.69) is 10.1 Å². The average Bonchev–Trinajstić information content (AvgIpc) is 2.81. The highest BCUT2D eigenvalue weighted by molar-refractivity contribution is 5.78. The second kappa shape index (κ2) is 5.16. The lowest BCUT2D eigenvalue weighted by Gasteiger charge is -2.09. The molecule has 0 fully saturated rings. The number of aromatic nitrogens is 2. The Balaban J connectivity index is 2.02. The van der Waals surface area contributed by atoms with Crippen LogP contribution in [0.4, 0.5) is 11.5 Å². The zero-order valence-electron chi connectivity index (χ0n) is 11.4. The Hall–Kier alpha value is -3.02. The summed E-state index contributed by atoms with van der Waals surface area (Å²) in [4.78, 5) is 4.26. The van der Waals surface area contributed by atoms with Crippen molar-refractivity contribution in [3.05, 3.63) is 48.4 Å². The first-order valence-electron chi connectivity index (χ1n) is 6.35. The number of ether oxygens (including phenoxy) is 1. The Labute approximate surface area is 121 Å². The average molecular weight is 282 g/mol. The third-order valence-electron chi connectivity index (χ3n) is 3.02. The summed E-state index contributed by atoms with van der Waals surface area (Å²) in [5.41, 5.74) is 13.6. The first-order valence-corrected chi connectivity index (χ1v) is 6.35. The number of hydrogen-bond donors (Lipinski definition) is 2. The van der Waals surface area contributed by atoms with Crippen molar-refractivity contribution in [2.75, 3.05) is 11.5 Å². The van der Waals surface area contributed by atoms with E-state index in [4.69, 9.17) is 20.7 Å². The first kappa shape index (κ1) is 13.0. The summed E-state index contributed by atoms with van der Waals surface area (Å²) >= 11 is 0. The minimum absolute atomic E-state index is 0.308. The largest absolute Gasteiger partial charge is 0.438 e. The summed E-state index contributed by atoms with van der Waals surface area (Å²) in [7, 11) is 0. The van der Waals surface area contributed by atoms with Gasteiger partial charge in [0, 0.05) is 11.9 Å². The second-order valence-corrected chi connectivity index (χ2v) is 4.53. The number of aryl methyl sites for hydroxylation is 1. The van der Waals surface area contributed by atoms with E-state index >= 15 is 0 Å². The molecule has 3 rings (SSSR count). The van der Waals surface area contributed by atoms with Crippen LogP contribution in [-0.2, 0) is 0 Å². The fraction of sp³-hybridized carbons (Fsp3) is 0.0667.